The summed E-state index contributed by atoms with van der Waals surface area (Å²) < 4.78 is 5.29. The van der Waals surface area contributed by atoms with Crippen molar-refractivity contribution in [3.05, 3.63) is 29.8 Å². The van der Waals surface area contributed by atoms with Crippen molar-refractivity contribution in [2.24, 2.45) is 11.7 Å². The van der Waals surface area contributed by atoms with E-state index in [9.17, 15) is 0 Å². The van der Waals surface area contributed by atoms with E-state index in [4.69, 9.17) is 10.5 Å². The molecule has 108 valence electrons. The third kappa shape index (κ3) is 4.84. The number of hydrogen-bond donors (Lipinski definition) is 2. The maximum atomic E-state index is 5.73. The lowest BCUT2D eigenvalue weighted by Crippen LogP contribution is -2.37. The van der Waals surface area contributed by atoms with E-state index in [-0.39, 0.29) is 5.41 Å². The number of nitrogens with one attached hydrogen (secondary N) is 1. The van der Waals surface area contributed by atoms with Crippen LogP contribution in [0.5, 0.6) is 5.75 Å². The zero-order chi connectivity index (χ0) is 14.3. The second kappa shape index (κ2) is 7.51. The van der Waals surface area contributed by atoms with Gasteiger partial charge in [0.2, 0.25) is 0 Å². The summed E-state index contributed by atoms with van der Waals surface area (Å²) in [7, 11) is 1.71. The highest BCUT2D eigenvalue weighted by Gasteiger charge is 2.21. The maximum absolute atomic E-state index is 5.73. The lowest BCUT2D eigenvalue weighted by Gasteiger charge is -2.27. The molecule has 0 saturated carbocycles. The van der Waals surface area contributed by atoms with Gasteiger partial charge in [-0.15, -0.1) is 0 Å². The molecule has 0 bridgehead atoms. The Morgan fingerprint density at radius 2 is 2.11 bits per heavy atom. The van der Waals surface area contributed by atoms with Gasteiger partial charge in [0.1, 0.15) is 5.75 Å². The Hall–Kier alpha value is -1.06. The summed E-state index contributed by atoms with van der Waals surface area (Å²) >= 11 is 0. The number of ether oxygens (including phenoxy) is 1. The Balaban J connectivity index is 2.59. The summed E-state index contributed by atoms with van der Waals surface area (Å²) in [5.74, 6) is 1.49. The SMILES string of the molecule is CCC(CN)CNCC(C)(C)c1cccc(OC)c1. The molecule has 0 heterocycles. The van der Waals surface area contributed by atoms with Crippen LogP contribution in [0.15, 0.2) is 24.3 Å². The Bertz CT molecular complexity index is 373. The van der Waals surface area contributed by atoms with Gasteiger partial charge in [0, 0.05) is 12.0 Å². The van der Waals surface area contributed by atoms with Crippen molar-refractivity contribution in [3.8, 4) is 5.75 Å². The van der Waals surface area contributed by atoms with Crippen molar-refractivity contribution in [3.63, 3.8) is 0 Å². The molecule has 19 heavy (non-hydrogen) atoms. The highest BCUT2D eigenvalue weighted by Crippen LogP contribution is 2.25. The minimum absolute atomic E-state index is 0.0848. The van der Waals surface area contributed by atoms with Crippen molar-refractivity contribution in [1.82, 2.24) is 5.32 Å². The zero-order valence-electron chi connectivity index (χ0n) is 12.7. The minimum atomic E-state index is 0.0848. The summed E-state index contributed by atoms with van der Waals surface area (Å²) in [6, 6.07) is 8.30. The van der Waals surface area contributed by atoms with Gasteiger partial charge in [-0.05, 0) is 36.7 Å². The monoisotopic (exact) mass is 264 g/mol. The molecule has 1 aromatic rings. The zero-order valence-corrected chi connectivity index (χ0v) is 12.7. The first kappa shape index (κ1) is 16.0. The van der Waals surface area contributed by atoms with Gasteiger partial charge in [-0.2, -0.15) is 0 Å². The first-order valence-corrected chi connectivity index (χ1v) is 7.08. The summed E-state index contributed by atoms with van der Waals surface area (Å²) in [6.07, 6.45) is 1.13. The first-order chi connectivity index (χ1) is 9.03. The van der Waals surface area contributed by atoms with E-state index in [2.05, 4.69) is 38.2 Å². The van der Waals surface area contributed by atoms with Gasteiger partial charge >= 0.3 is 0 Å². The number of nitrogens with two attached hydrogens (primary N) is 1. The van der Waals surface area contributed by atoms with Crippen LogP contribution in [0.4, 0.5) is 0 Å². The van der Waals surface area contributed by atoms with E-state index in [0.717, 1.165) is 31.8 Å². The van der Waals surface area contributed by atoms with Crippen LogP contribution in [0.3, 0.4) is 0 Å². The molecule has 0 aliphatic carbocycles. The topological polar surface area (TPSA) is 47.3 Å². The summed E-state index contributed by atoms with van der Waals surface area (Å²) in [6.45, 7) is 9.36. The molecule has 0 aliphatic rings. The quantitative estimate of drug-likeness (QED) is 0.758. The van der Waals surface area contributed by atoms with Gasteiger partial charge in [0.05, 0.1) is 7.11 Å². The van der Waals surface area contributed by atoms with Gasteiger partial charge in [0.25, 0.3) is 0 Å². The maximum Gasteiger partial charge on any atom is 0.119 e. The van der Waals surface area contributed by atoms with Crippen LogP contribution < -0.4 is 15.8 Å². The first-order valence-electron chi connectivity index (χ1n) is 7.08. The summed E-state index contributed by atoms with van der Waals surface area (Å²) in [5.41, 5.74) is 7.10. The fraction of sp³-hybridized carbons (Fsp3) is 0.625. The molecule has 3 N–H and O–H groups in total. The second-order valence-electron chi connectivity index (χ2n) is 5.76. The van der Waals surface area contributed by atoms with E-state index in [1.54, 1.807) is 7.11 Å². The molecular weight excluding hydrogens is 236 g/mol. The van der Waals surface area contributed by atoms with E-state index in [1.807, 2.05) is 12.1 Å². The van der Waals surface area contributed by atoms with Crippen molar-refractivity contribution < 1.29 is 4.74 Å². The Morgan fingerprint density at radius 1 is 1.37 bits per heavy atom. The fourth-order valence-electron chi connectivity index (χ4n) is 2.13. The molecule has 0 radical (unpaired) electrons. The summed E-state index contributed by atoms with van der Waals surface area (Å²) in [4.78, 5) is 0. The molecule has 1 aromatic carbocycles. The van der Waals surface area contributed by atoms with Gasteiger partial charge in [-0.25, -0.2) is 0 Å². The third-order valence-electron chi connectivity index (χ3n) is 3.76. The van der Waals surface area contributed by atoms with E-state index < -0.39 is 0 Å². The Kier molecular flexibility index (Phi) is 6.32. The average molecular weight is 264 g/mol. The molecule has 0 spiro atoms. The molecule has 0 saturated heterocycles. The third-order valence-corrected chi connectivity index (χ3v) is 3.76. The Morgan fingerprint density at radius 3 is 2.68 bits per heavy atom. The summed E-state index contributed by atoms with van der Waals surface area (Å²) in [5, 5.41) is 3.54. The molecule has 3 heteroatoms. The van der Waals surface area contributed by atoms with Crippen molar-refractivity contribution >= 4 is 0 Å². The molecule has 1 unspecified atom stereocenters. The van der Waals surface area contributed by atoms with Crippen LogP contribution in [0, 0.1) is 5.92 Å². The number of methoxy groups -OCH3 is 1. The minimum Gasteiger partial charge on any atom is -0.497 e. The molecule has 1 atom stereocenters. The van der Waals surface area contributed by atoms with Gasteiger partial charge in [0.15, 0.2) is 0 Å². The molecular formula is C16H28N2O. The van der Waals surface area contributed by atoms with Crippen LogP contribution in [-0.4, -0.2) is 26.7 Å². The highest BCUT2D eigenvalue weighted by molar-refractivity contribution is 5.33. The average Bonchev–Trinajstić information content (AvgIpc) is 2.43. The second-order valence-corrected chi connectivity index (χ2v) is 5.76. The van der Waals surface area contributed by atoms with Crippen molar-refractivity contribution in [2.45, 2.75) is 32.6 Å². The van der Waals surface area contributed by atoms with Crippen LogP contribution in [-0.2, 0) is 5.41 Å². The molecule has 0 aliphatic heterocycles. The highest BCUT2D eigenvalue weighted by atomic mass is 16.5. The van der Waals surface area contributed by atoms with Crippen LogP contribution in [0.2, 0.25) is 0 Å². The molecule has 0 fully saturated rings. The van der Waals surface area contributed by atoms with Crippen molar-refractivity contribution in [2.75, 3.05) is 26.7 Å². The Labute approximate surface area is 117 Å². The van der Waals surface area contributed by atoms with Crippen LogP contribution in [0.1, 0.15) is 32.8 Å². The molecule has 1 rings (SSSR count). The van der Waals surface area contributed by atoms with Gasteiger partial charge < -0.3 is 15.8 Å². The standard InChI is InChI=1S/C16H28N2O/c1-5-13(10-17)11-18-12-16(2,3)14-7-6-8-15(9-14)19-4/h6-9,13,18H,5,10-12,17H2,1-4H3. The smallest absolute Gasteiger partial charge is 0.119 e. The largest absolute Gasteiger partial charge is 0.497 e. The lowest BCUT2D eigenvalue weighted by atomic mass is 9.84. The van der Waals surface area contributed by atoms with Gasteiger partial charge in [-0.1, -0.05) is 39.3 Å². The lowest BCUT2D eigenvalue weighted by molar-refractivity contribution is 0.402. The predicted octanol–water partition coefficient (Wildman–Crippen LogP) is 2.55. The van der Waals surface area contributed by atoms with Crippen LogP contribution in [0.25, 0.3) is 0 Å². The number of rotatable bonds is 8. The number of hydrogen-bond acceptors (Lipinski definition) is 3. The van der Waals surface area contributed by atoms with Crippen molar-refractivity contribution in [1.29, 1.82) is 0 Å². The fourth-order valence-corrected chi connectivity index (χ4v) is 2.13. The normalized spacial score (nSPS) is 13.3. The van der Waals surface area contributed by atoms with E-state index in [0.29, 0.717) is 5.92 Å². The van der Waals surface area contributed by atoms with E-state index >= 15 is 0 Å². The van der Waals surface area contributed by atoms with Gasteiger partial charge in [-0.3, -0.25) is 0 Å². The predicted molar refractivity (Wildman–Crippen MR) is 81.7 cm³/mol. The van der Waals surface area contributed by atoms with E-state index in [1.165, 1.54) is 5.56 Å². The van der Waals surface area contributed by atoms with Crippen LogP contribution >= 0.6 is 0 Å². The molecule has 0 aromatic heterocycles. The molecule has 3 nitrogen and oxygen atoms in total. The number of benzene rings is 1. The molecule has 0 amide bonds.